The number of carbonyl (C=O) groups excluding carboxylic acids is 1. The summed E-state index contributed by atoms with van der Waals surface area (Å²) < 4.78 is 31.5. The molecule has 162 valence electrons. The summed E-state index contributed by atoms with van der Waals surface area (Å²) in [6.07, 6.45) is -0.204. The topological polar surface area (TPSA) is 96.4 Å². The molecule has 3 N–H and O–H groups in total. The van der Waals surface area contributed by atoms with Crippen molar-refractivity contribution in [1.29, 1.82) is 0 Å². The molecular weight excluding hydrogens is 406 g/mol. The molecule has 0 saturated heterocycles. The van der Waals surface area contributed by atoms with Crippen molar-refractivity contribution in [1.82, 2.24) is 15.5 Å². The number of hydrogen-bond acceptors (Lipinski definition) is 6. The Hall–Kier alpha value is -3.59. The molecule has 9 heteroatoms. The van der Waals surface area contributed by atoms with Gasteiger partial charge in [-0.25, -0.2) is 8.78 Å². The summed E-state index contributed by atoms with van der Waals surface area (Å²) in [4.78, 5) is 12.1. The minimum absolute atomic E-state index is 0.0432. The average molecular weight is 428 g/mol. The van der Waals surface area contributed by atoms with E-state index in [9.17, 15) is 18.7 Å². The van der Waals surface area contributed by atoms with Gasteiger partial charge in [0.05, 0.1) is 13.2 Å². The molecule has 0 aliphatic carbocycles. The van der Waals surface area contributed by atoms with E-state index in [1.807, 2.05) is 0 Å². The molecule has 2 aromatic carbocycles. The van der Waals surface area contributed by atoms with Crippen LogP contribution in [0.2, 0.25) is 0 Å². The van der Waals surface area contributed by atoms with E-state index < -0.39 is 23.6 Å². The summed E-state index contributed by atoms with van der Waals surface area (Å²) in [7, 11) is 1.58. The minimum atomic E-state index is -0.712. The number of anilines is 1. The Bertz CT molecular complexity index is 994. The number of aliphatic hydroxyl groups excluding tert-OH is 1. The maximum Gasteiger partial charge on any atom is 0.272 e. The van der Waals surface area contributed by atoms with Crippen LogP contribution in [0.3, 0.4) is 0 Å². The van der Waals surface area contributed by atoms with Gasteiger partial charge in [0.15, 0.2) is 5.69 Å². The highest BCUT2D eigenvalue weighted by atomic mass is 19.1. The van der Waals surface area contributed by atoms with Gasteiger partial charge in [0.25, 0.3) is 5.91 Å². The number of ether oxygens (including phenoxy) is 1. The average Bonchev–Trinajstić information content (AvgIpc) is 2.77. The first-order chi connectivity index (χ1) is 14.9. The second kappa shape index (κ2) is 10.4. The summed E-state index contributed by atoms with van der Waals surface area (Å²) in [5.74, 6) is -0.769. The van der Waals surface area contributed by atoms with Crippen LogP contribution < -0.4 is 15.4 Å². The second-order valence-corrected chi connectivity index (χ2v) is 6.77. The summed E-state index contributed by atoms with van der Waals surface area (Å²) in [6.45, 7) is 0.400. The molecule has 0 bridgehead atoms. The standard InChI is InChI=1S/C22H22F2N4O3/c1-31-18-4-2-15(3-5-18)20(29)8-9-25-21-7-6-19(27-28-21)22(30)26-13-14-10-16(23)12-17(24)11-14/h2-7,10-12,20,29H,8-9,13H2,1H3,(H,25,28)(H,26,30). The van der Waals surface area contributed by atoms with Gasteiger partial charge >= 0.3 is 0 Å². The second-order valence-electron chi connectivity index (χ2n) is 6.77. The fourth-order valence-corrected chi connectivity index (χ4v) is 2.86. The summed E-state index contributed by atoms with van der Waals surface area (Å²) >= 11 is 0. The van der Waals surface area contributed by atoms with Crippen LogP contribution >= 0.6 is 0 Å². The lowest BCUT2D eigenvalue weighted by atomic mass is 10.1. The molecule has 0 fully saturated rings. The number of benzene rings is 2. The highest BCUT2D eigenvalue weighted by Gasteiger charge is 2.10. The van der Waals surface area contributed by atoms with E-state index in [0.717, 1.165) is 29.5 Å². The third kappa shape index (κ3) is 6.45. The number of carbonyl (C=O) groups is 1. The largest absolute Gasteiger partial charge is 0.497 e. The molecule has 0 spiro atoms. The zero-order valence-electron chi connectivity index (χ0n) is 16.8. The van der Waals surface area contributed by atoms with E-state index in [0.29, 0.717) is 24.3 Å². The number of nitrogens with zero attached hydrogens (tertiary/aromatic N) is 2. The first-order valence-electron chi connectivity index (χ1n) is 9.57. The molecule has 1 atom stereocenters. The number of aliphatic hydroxyl groups is 1. The molecule has 1 unspecified atom stereocenters. The maximum atomic E-state index is 13.2. The van der Waals surface area contributed by atoms with Crippen molar-refractivity contribution in [2.75, 3.05) is 19.0 Å². The Balaban J connectivity index is 1.46. The first kappa shape index (κ1) is 22.1. The van der Waals surface area contributed by atoms with Gasteiger partial charge in [-0.3, -0.25) is 4.79 Å². The van der Waals surface area contributed by atoms with Crippen molar-refractivity contribution in [3.63, 3.8) is 0 Å². The van der Waals surface area contributed by atoms with Gasteiger partial charge < -0.3 is 20.5 Å². The van der Waals surface area contributed by atoms with Crippen LogP contribution in [0.5, 0.6) is 5.75 Å². The molecule has 3 aromatic rings. The van der Waals surface area contributed by atoms with Crippen molar-refractivity contribution < 1.29 is 23.4 Å². The molecule has 31 heavy (non-hydrogen) atoms. The van der Waals surface area contributed by atoms with Crippen LogP contribution in [0.25, 0.3) is 0 Å². The Morgan fingerprint density at radius 3 is 2.39 bits per heavy atom. The number of hydrogen-bond donors (Lipinski definition) is 3. The Labute approximate surface area is 178 Å². The van der Waals surface area contributed by atoms with Crippen molar-refractivity contribution >= 4 is 11.7 Å². The molecule has 0 aliphatic rings. The first-order valence-corrected chi connectivity index (χ1v) is 9.57. The lowest BCUT2D eigenvalue weighted by Gasteiger charge is -2.12. The van der Waals surface area contributed by atoms with Crippen LogP contribution in [-0.2, 0) is 6.54 Å². The zero-order valence-corrected chi connectivity index (χ0v) is 16.8. The predicted octanol–water partition coefficient (Wildman–Crippen LogP) is 3.23. The predicted molar refractivity (Wildman–Crippen MR) is 111 cm³/mol. The number of halogens is 2. The summed E-state index contributed by atoms with van der Waals surface area (Å²) in [6, 6.07) is 13.3. The van der Waals surface area contributed by atoms with E-state index >= 15 is 0 Å². The third-order valence-electron chi connectivity index (χ3n) is 4.50. The van der Waals surface area contributed by atoms with E-state index in [-0.39, 0.29) is 12.2 Å². The number of amides is 1. The van der Waals surface area contributed by atoms with Crippen LogP contribution in [0.15, 0.2) is 54.6 Å². The molecule has 1 aromatic heterocycles. The van der Waals surface area contributed by atoms with Gasteiger partial charge in [0, 0.05) is 19.2 Å². The Morgan fingerprint density at radius 2 is 1.77 bits per heavy atom. The minimum Gasteiger partial charge on any atom is -0.497 e. The zero-order chi connectivity index (χ0) is 22.2. The normalized spacial score (nSPS) is 11.6. The van der Waals surface area contributed by atoms with Gasteiger partial charge in [0.1, 0.15) is 23.2 Å². The smallest absolute Gasteiger partial charge is 0.272 e. The molecule has 1 amide bonds. The number of methoxy groups -OCH3 is 1. The third-order valence-corrected chi connectivity index (χ3v) is 4.50. The van der Waals surface area contributed by atoms with Crippen LogP contribution in [0.1, 0.15) is 34.1 Å². The summed E-state index contributed by atoms with van der Waals surface area (Å²) in [5, 5.41) is 23.6. The Kier molecular flexibility index (Phi) is 7.45. The van der Waals surface area contributed by atoms with Crippen molar-refractivity contribution in [3.8, 4) is 5.75 Å². The summed E-state index contributed by atoms with van der Waals surface area (Å²) in [5.41, 5.74) is 1.15. The van der Waals surface area contributed by atoms with Crippen molar-refractivity contribution in [3.05, 3.63) is 83.1 Å². The van der Waals surface area contributed by atoms with Crippen LogP contribution in [0.4, 0.5) is 14.6 Å². The van der Waals surface area contributed by atoms with Crippen LogP contribution in [-0.4, -0.2) is 34.9 Å². The van der Waals surface area contributed by atoms with Gasteiger partial charge in [-0.2, -0.15) is 0 Å². The monoisotopic (exact) mass is 428 g/mol. The number of aromatic nitrogens is 2. The Morgan fingerprint density at radius 1 is 1.06 bits per heavy atom. The molecule has 0 aliphatic heterocycles. The van der Waals surface area contributed by atoms with E-state index in [1.54, 1.807) is 37.4 Å². The van der Waals surface area contributed by atoms with Crippen molar-refractivity contribution in [2.24, 2.45) is 0 Å². The lowest BCUT2D eigenvalue weighted by Crippen LogP contribution is -2.24. The highest BCUT2D eigenvalue weighted by molar-refractivity contribution is 5.92. The molecule has 0 saturated carbocycles. The quantitative estimate of drug-likeness (QED) is 0.484. The van der Waals surface area contributed by atoms with E-state index in [1.165, 1.54) is 6.07 Å². The van der Waals surface area contributed by atoms with E-state index in [4.69, 9.17) is 4.74 Å². The molecule has 0 radical (unpaired) electrons. The maximum absolute atomic E-state index is 13.2. The lowest BCUT2D eigenvalue weighted by molar-refractivity contribution is 0.0945. The van der Waals surface area contributed by atoms with Gasteiger partial charge in [-0.1, -0.05) is 12.1 Å². The van der Waals surface area contributed by atoms with Crippen LogP contribution in [0, 0.1) is 11.6 Å². The van der Waals surface area contributed by atoms with Gasteiger partial charge in [0.2, 0.25) is 0 Å². The van der Waals surface area contributed by atoms with Crippen molar-refractivity contribution in [2.45, 2.75) is 19.1 Å². The number of nitrogens with one attached hydrogen (secondary N) is 2. The fourth-order valence-electron chi connectivity index (χ4n) is 2.86. The van der Waals surface area contributed by atoms with E-state index in [2.05, 4.69) is 20.8 Å². The molecular formula is C22H22F2N4O3. The molecule has 3 rings (SSSR count). The fraction of sp³-hybridized carbons (Fsp3) is 0.227. The number of rotatable bonds is 9. The molecule has 1 heterocycles. The molecule has 7 nitrogen and oxygen atoms in total. The van der Waals surface area contributed by atoms with Gasteiger partial charge in [-0.05, 0) is 53.9 Å². The van der Waals surface area contributed by atoms with Gasteiger partial charge in [-0.15, -0.1) is 10.2 Å². The SMILES string of the molecule is COc1ccc(C(O)CCNc2ccc(C(=O)NCc3cc(F)cc(F)c3)nn2)cc1. The highest BCUT2D eigenvalue weighted by Crippen LogP contribution is 2.20.